The SMILES string of the molecule is CCn1c(-c2cccc(F)c2)nc2c(N)nc(CCC3(O)CCC3)nc21.Cl. The molecular formula is C19H23ClFN5O. The predicted octanol–water partition coefficient (Wildman–Crippen LogP) is 3.50. The maximum atomic E-state index is 13.6. The molecule has 3 aromatic rings. The molecule has 0 radical (unpaired) electrons. The Morgan fingerprint density at radius 3 is 2.67 bits per heavy atom. The van der Waals surface area contributed by atoms with Crippen LogP contribution in [0.3, 0.4) is 0 Å². The first-order valence-electron chi connectivity index (χ1n) is 9.00. The minimum absolute atomic E-state index is 0. The molecule has 6 nitrogen and oxygen atoms in total. The van der Waals surface area contributed by atoms with Crippen molar-refractivity contribution in [3.63, 3.8) is 0 Å². The summed E-state index contributed by atoms with van der Waals surface area (Å²) in [6.07, 6.45) is 3.94. The fraction of sp³-hybridized carbons (Fsp3) is 0.421. The number of fused-ring (bicyclic) bond motifs is 1. The van der Waals surface area contributed by atoms with E-state index in [0.29, 0.717) is 53.6 Å². The molecule has 0 unspecified atom stereocenters. The summed E-state index contributed by atoms with van der Waals surface area (Å²) in [6, 6.07) is 6.32. The van der Waals surface area contributed by atoms with E-state index in [4.69, 9.17) is 5.73 Å². The van der Waals surface area contributed by atoms with Gasteiger partial charge < -0.3 is 15.4 Å². The summed E-state index contributed by atoms with van der Waals surface area (Å²) in [5, 5.41) is 10.3. The number of halogens is 2. The van der Waals surface area contributed by atoms with Crippen LogP contribution in [-0.2, 0) is 13.0 Å². The van der Waals surface area contributed by atoms with Crippen LogP contribution in [0.5, 0.6) is 0 Å². The van der Waals surface area contributed by atoms with Gasteiger partial charge in [-0.25, -0.2) is 19.3 Å². The molecule has 144 valence electrons. The van der Waals surface area contributed by atoms with E-state index in [-0.39, 0.29) is 18.2 Å². The topological polar surface area (TPSA) is 89.9 Å². The largest absolute Gasteiger partial charge is 0.390 e. The van der Waals surface area contributed by atoms with Crippen molar-refractivity contribution < 1.29 is 9.50 Å². The van der Waals surface area contributed by atoms with Gasteiger partial charge in [-0.05, 0) is 44.7 Å². The molecule has 0 spiro atoms. The van der Waals surface area contributed by atoms with Crippen molar-refractivity contribution in [3.8, 4) is 11.4 Å². The number of rotatable bonds is 5. The molecule has 0 amide bonds. The van der Waals surface area contributed by atoms with Crippen LogP contribution in [0.25, 0.3) is 22.6 Å². The number of hydrogen-bond acceptors (Lipinski definition) is 5. The lowest BCUT2D eigenvalue weighted by atomic mass is 9.77. The first-order valence-corrected chi connectivity index (χ1v) is 9.00. The van der Waals surface area contributed by atoms with Crippen molar-refractivity contribution in [2.45, 2.75) is 51.2 Å². The zero-order valence-corrected chi connectivity index (χ0v) is 16.0. The normalized spacial score (nSPS) is 15.4. The van der Waals surface area contributed by atoms with E-state index in [2.05, 4.69) is 15.0 Å². The summed E-state index contributed by atoms with van der Waals surface area (Å²) < 4.78 is 15.5. The first-order chi connectivity index (χ1) is 12.5. The molecule has 1 aliphatic rings. The molecule has 0 aliphatic heterocycles. The van der Waals surface area contributed by atoms with E-state index in [1.165, 1.54) is 12.1 Å². The fourth-order valence-corrected chi connectivity index (χ4v) is 3.51. The van der Waals surface area contributed by atoms with Crippen molar-refractivity contribution in [2.24, 2.45) is 0 Å². The van der Waals surface area contributed by atoms with E-state index in [1.54, 1.807) is 6.07 Å². The third-order valence-electron chi connectivity index (χ3n) is 5.17. The van der Waals surface area contributed by atoms with Crippen molar-refractivity contribution in [3.05, 3.63) is 35.9 Å². The summed E-state index contributed by atoms with van der Waals surface area (Å²) >= 11 is 0. The molecule has 1 saturated carbocycles. The summed E-state index contributed by atoms with van der Waals surface area (Å²) in [6.45, 7) is 2.61. The third kappa shape index (κ3) is 3.61. The molecule has 0 atom stereocenters. The second-order valence-corrected chi connectivity index (χ2v) is 6.97. The van der Waals surface area contributed by atoms with Crippen LogP contribution in [0.1, 0.15) is 38.4 Å². The van der Waals surface area contributed by atoms with Crippen molar-refractivity contribution in [1.29, 1.82) is 0 Å². The minimum Gasteiger partial charge on any atom is -0.390 e. The standard InChI is InChI=1S/C19H22FN5O.ClH/c1-2-25-17(12-5-3-6-13(20)11-12)24-15-16(21)22-14(23-18(15)25)7-10-19(26)8-4-9-19;/h3,5-6,11,26H,2,4,7-10H2,1H3,(H2,21,22,23);1H. The maximum Gasteiger partial charge on any atom is 0.166 e. The van der Waals surface area contributed by atoms with Crippen LogP contribution in [-0.4, -0.2) is 30.2 Å². The van der Waals surface area contributed by atoms with Gasteiger partial charge in [-0.2, -0.15) is 0 Å². The number of imidazole rings is 1. The van der Waals surface area contributed by atoms with Crippen LogP contribution >= 0.6 is 12.4 Å². The van der Waals surface area contributed by atoms with Crippen LogP contribution in [0.2, 0.25) is 0 Å². The maximum absolute atomic E-state index is 13.6. The van der Waals surface area contributed by atoms with Crippen molar-refractivity contribution in [1.82, 2.24) is 19.5 Å². The zero-order chi connectivity index (χ0) is 18.3. The molecule has 0 bridgehead atoms. The predicted molar refractivity (Wildman–Crippen MR) is 105 cm³/mol. The molecule has 1 fully saturated rings. The van der Waals surface area contributed by atoms with Crippen LogP contribution < -0.4 is 5.73 Å². The lowest BCUT2D eigenvalue weighted by Crippen LogP contribution is -2.37. The molecule has 3 N–H and O–H groups in total. The van der Waals surface area contributed by atoms with Gasteiger partial charge in [0.25, 0.3) is 0 Å². The Morgan fingerprint density at radius 2 is 2.04 bits per heavy atom. The summed E-state index contributed by atoms with van der Waals surface area (Å²) in [5.41, 5.74) is 7.39. The monoisotopic (exact) mass is 391 g/mol. The zero-order valence-electron chi connectivity index (χ0n) is 15.2. The van der Waals surface area contributed by atoms with E-state index in [9.17, 15) is 9.50 Å². The quantitative estimate of drug-likeness (QED) is 0.694. The summed E-state index contributed by atoms with van der Waals surface area (Å²) in [5.74, 6) is 1.23. The van der Waals surface area contributed by atoms with Gasteiger partial charge in [0.1, 0.15) is 17.5 Å². The van der Waals surface area contributed by atoms with Gasteiger partial charge in [0.2, 0.25) is 0 Å². The molecule has 2 heterocycles. The van der Waals surface area contributed by atoms with Crippen molar-refractivity contribution >= 4 is 29.4 Å². The number of aliphatic hydroxyl groups is 1. The number of anilines is 1. The van der Waals surface area contributed by atoms with E-state index >= 15 is 0 Å². The second kappa shape index (κ2) is 7.40. The highest BCUT2D eigenvalue weighted by Gasteiger charge is 2.34. The number of nitrogens with two attached hydrogens (primary N) is 1. The molecule has 27 heavy (non-hydrogen) atoms. The highest BCUT2D eigenvalue weighted by molar-refractivity contribution is 5.86. The second-order valence-electron chi connectivity index (χ2n) is 6.97. The van der Waals surface area contributed by atoms with Crippen molar-refractivity contribution in [2.75, 3.05) is 5.73 Å². The Hall–Kier alpha value is -2.25. The van der Waals surface area contributed by atoms with E-state index in [0.717, 1.165) is 19.3 Å². The number of aromatic nitrogens is 4. The van der Waals surface area contributed by atoms with Gasteiger partial charge in [-0.15, -0.1) is 12.4 Å². The lowest BCUT2D eigenvalue weighted by molar-refractivity contribution is -0.0401. The Morgan fingerprint density at radius 1 is 1.26 bits per heavy atom. The van der Waals surface area contributed by atoms with Gasteiger partial charge in [-0.1, -0.05) is 12.1 Å². The van der Waals surface area contributed by atoms with Crippen LogP contribution in [0.4, 0.5) is 10.2 Å². The average Bonchev–Trinajstić information content (AvgIpc) is 2.97. The van der Waals surface area contributed by atoms with Gasteiger partial charge in [0.15, 0.2) is 17.0 Å². The third-order valence-corrected chi connectivity index (χ3v) is 5.17. The average molecular weight is 392 g/mol. The lowest BCUT2D eigenvalue weighted by Gasteiger charge is -2.36. The number of nitrogen functional groups attached to an aromatic ring is 1. The van der Waals surface area contributed by atoms with Gasteiger partial charge in [0.05, 0.1) is 5.60 Å². The van der Waals surface area contributed by atoms with Crippen LogP contribution in [0.15, 0.2) is 24.3 Å². The number of nitrogens with zero attached hydrogens (tertiary/aromatic N) is 4. The van der Waals surface area contributed by atoms with Crippen LogP contribution in [0, 0.1) is 5.82 Å². The highest BCUT2D eigenvalue weighted by atomic mass is 35.5. The molecule has 4 rings (SSSR count). The van der Waals surface area contributed by atoms with Gasteiger partial charge in [0, 0.05) is 18.5 Å². The summed E-state index contributed by atoms with van der Waals surface area (Å²) in [7, 11) is 0. The number of benzene rings is 1. The number of aryl methyl sites for hydroxylation is 2. The van der Waals surface area contributed by atoms with Gasteiger partial charge >= 0.3 is 0 Å². The molecule has 8 heteroatoms. The van der Waals surface area contributed by atoms with E-state index < -0.39 is 5.60 Å². The van der Waals surface area contributed by atoms with Gasteiger partial charge in [-0.3, -0.25) is 0 Å². The van der Waals surface area contributed by atoms with E-state index in [1.807, 2.05) is 17.6 Å². The Balaban J connectivity index is 0.00000210. The Kier molecular flexibility index (Phi) is 5.35. The smallest absolute Gasteiger partial charge is 0.166 e. The first kappa shape index (κ1) is 19.5. The molecule has 2 aromatic heterocycles. The molecule has 0 saturated heterocycles. The Bertz CT molecular complexity index is 970. The number of hydrogen-bond donors (Lipinski definition) is 2. The Labute approximate surface area is 163 Å². The molecular weight excluding hydrogens is 369 g/mol. The fourth-order valence-electron chi connectivity index (χ4n) is 3.51. The highest BCUT2D eigenvalue weighted by Crippen LogP contribution is 2.35. The molecule has 1 aromatic carbocycles. The molecule has 1 aliphatic carbocycles. The minimum atomic E-state index is -0.579. The summed E-state index contributed by atoms with van der Waals surface area (Å²) in [4.78, 5) is 13.6.